The molecule has 0 aromatic heterocycles. The third-order valence-corrected chi connectivity index (χ3v) is 6.29. The van der Waals surface area contributed by atoms with Crippen LogP contribution in [0.4, 0.5) is 13.2 Å². The number of likely N-dealkylation sites (tertiary alicyclic amines) is 1. The number of ether oxygens (including phenoxy) is 1. The van der Waals surface area contributed by atoms with Crippen LogP contribution in [0.15, 0.2) is 18.2 Å². The van der Waals surface area contributed by atoms with Crippen molar-refractivity contribution in [2.24, 2.45) is 17.8 Å². The van der Waals surface area contributed by atoms with Gasteiger partial charge in [0.05, 0.1) is 26.1 Å². The second-order valence-electron chi connectivity index (χ2n) is 8.42. The molecule has 0 spiro atoms. The molecule has 1 unspecified atom stereocenters. The van der Waals surface area contributed by atoms with Gasteiger partial charge in [-0.25, -0.2) is 13.2 Å². The first-order valence-corrected chi connectivity index (χ1v) is 10.2. The first-order valence-electron chi connectivity index (χ1n) is 10.2. The maximum absolute atomic E-state index is 14.2. The average molecular weight is 396 g/mol. The van der Waals surface area contributed by atoms with E-state index in [9.17, 15) is 18.0 Å². The minimum Gasteiger partial charge on any atom is -0.493 e. The summed E-state index contributed by atoms with van der Waals surface area (Å²) in [5.74, 6) is -0.979. The van der Waals surface area contributed by atoms with Gasteiger partial charge in [0.2, 0.25) is 5.91 Å². The summed E-state index contributed by atoms with van der Waals surface area (Å²) in [7, 11) is 0. The summed E-state index contributed by atoms with van der Waals surface area (Å²) in [5, 5.41) is 3.40. The van der Waals surface area contributed by atoms with E-state index in [2.05, 4.69) is 5.32 Å². The minimum atomic E-state index is -2.81. The monoisotopic (exact) mass is 396 g/mol. The Morgan fingerprint density at radius 1 is 1.25 bits per heavy atom. The summed E-state index contributed by atoms with van der Waals surface area (Å²) in [6.45, 7) is 1.66. The van der Waals surface area contributed by atoms with Gasteiger partial charge in [0, 0.05) is 6.07 Å². The Morgan fingerprint density at radius 2 is 2.00 bits per heavy atom. The second kappa shape index (κ2) is 7.93. The number of carbonyl (C=O) groups is 1. The Bertz CT molecular complexity index is 714. The number of hydrogen-bond acceptors (Lipinski definition) is 3. The predicted octanol–water partition coefficient (Wildman–Crippen LogP) is 3.25. The van der Waals surface area contributed by atoms with E-state index in [1.807, 2.05) is 0 Å². The number of carbonyl (C=O) groups excluding carboxylic acids is 1. The van der Waals surface area contributed by atoms with Gasteiger partial charge in [-0.15, -0.1) is 0 Å². The molecular formula is C21H27F3N2O2. The second-order valence-corrected chi connectivity index (χ2v) is 8.42. The molecule has 154 valence electrons. The normalized spacial score (nSPS) is 26.6. The highest BCUT2D eigenvalue weighted by atomic mass is 19.3. The van der Waals surface area contributed by atoms with Gasteiger partial charge in [0.1, 0.15) is 11.6 Å². The SMILES string of the molecule is O=C(Cc1ccc(OCCC2C[C@@H]2C2CCNCC2)cc1F)N1CC(F)(F)C1. The van der Waals surface area contributed by atoms with Crippen molar-refractivity contribution < 1.29 is 22.7 Å². The van der Waals surface area contributed by atoms with Crippen LogP contribution in [0, 0.1) is 23.6 Å². The third-order valence-electron chi connectivity index (χ3n) is 6.29. The maximum atomic E-state index is 14.2. The first kappa shape index (κ1) is 19.6. The van der Waals surface area contributed by atoms with Crippen molar-refractivity contribution in [2.75, 3.05) is 32.8 Å². The van der Waals surface area contributed by atoms with Gasteiger partial charge in [-0.1, -0.05) is 6.07 Å². The first-order chi connectivity index (χ1) is 13.4. The van der Waals surface area contributed by atoms with Crippen LogP contribution in [0.25, 0.3) is 0 Å². The molecule has 0 radical (unpaired) electrons. The molecule has 0 bridgehead atoms. The zero-order valence-electron chi connectivity index (χ0n) is 15.9. The van der Waals surface area contributed by atoms with Crippen LogP contribution in [0.5, 0.6) is 5.75 Å². The average Bonchev–Trinajstić information content (AvgIpc) is 3.42. The number of alkyl halides is 2. The fourth-order valence-electron chi connectivity index (χ4n) is 4.51. The molecule has 2 atom stereocenters. The molecule has 1 aliphatic carbocycles. The lowest BCUT2D eigenvalue weighted by molar-refractivity contribution is -0.165. The van der Waals surface area contributed by atoms with Gasteiger partial charge in [-0.3, -0.25) is 4.79 Å². The zero-order valence-corrected chi connectivity index (χ0v) is 15.9. The van der Waals surface area contributed by atoms with E-state index in [0.717, 1.165) is 42.2 Å². The van der Waals surface area contributed by atoms with Crippen LogP contribution in [-0.2, 0) is 11.2 Å². The van der Waals surface area contributed by atoms with Gasteiger partial charge in [0.15, 0.2) is 0 Å². The number of nitrogens with zero attached hydrogens (tertiary/aromatic N) is 1. The van der Waals surface area contributed by atoms with Crippen molar-refractivity contribution >= 4 is 5.91 Å². The number of halogens is 3. The number of rotatable bonds is 7. The largest absolute Gasteiger partial charge is 0.493 e. The van der Waals surface area contributed by atoms with E-state index in [1.54, 1.807) is 6.07 Å². The van der Waals surface area contributed by atoms with Crippen LogP contribution >= 0.6 is 0 Å². The van der Waals surface area contributed by atoms with Crippen molar-refractivity contribution in [2.45, 2.75) is 38.0 Å². The van der Waals surface area contributed by atoms with Gasteiger partial charge < -0.3 is 15.0 Å². The number of amides is 1. The Labute approximate surface area is 163 Å². The molecule has 1 saturated carbocycles. The standard InChI is InChI=1S/C21H27F3N2O2/c22-19-11-17(2-1-16(19)10-20(27)26-12-21(23,24)13-26)28-8-5-15-9-18(15)14-3-6-25-7-4-14/h1-2,11,14-15,18,25H,3-10,12-13H2/t15?,18-/m1/s1. The quantitative estimate of drug-likeness (QED) is 0.769. The fraction of sp³-hybridized carbons (Fsp3) is 0.667. The Kier molecular flexibility index (Phi) is 5.54. The summed E-state index contributed by atoms with van der Waals surface area (Å²) in [6, 6.07) is 4.44. The molecule has 2 saturated heterocycles. The van der Waals surface area contributed by atoms with E-state index in [4.69, 9.17) is 4.74 Å². The van der Waals surface area contributed by atoms with Crippen LogP contribution in [-0.4, -0.2) is 49.5 Å². The van der Waals surface area contributed by atoms with Crippen LogP contribution in [0.2, 0.25) is 0 Å². The van der Waals surface area contributed by atoms with E-state index in [-0.39, 0.29) is 12.0 Å². The topological polar surface area (TPSA) is 41.6 Å². The van der Waals surface area contributed by atoms with Crippen molar-refractivity contribution in [3.8, 4) is 5.75 Å². The zero-order chi connectivity index (χ0) is 19.7. The highest BCUT2D eigenvalue weighted by Gasteiger charge is 2.46. The summed E-state index contributed by atoms with van der Waals surface area (Å²) < 4.78 is 45.6. The van der Waals surface area contributed by atoms with Crippen molar-refractivity contribution in [1.29, 1.82) is 0 Å². The van der Waals surface area contributed by atoms with E-state index in [1.165, 1.54) is 31.4 Å². The van der Waals surface area contributed by atoms with Gasteiger partial charge in [0.25, 0.3) is 5.92 Å². The molecular weight excluding hydrogens is 369 g/mol. The summed E-state index contributed by atoms with van der Waals surface area (Å²) in [5.41, 5.74) is 0.209. The van der Waals surface area contributed by atoms with Gasteiger partial charge in [-0.2, -0.15) is 0 Å². The Hall–Kier alpha value is -1.76. The summed E-state index contributed by atoms with van der Waals surface area (Å²) >= 11 is 0. The van der Waals surface area contributed by atoms with Gasteiger partial charge in [-0.05, 0) is 68.2 Å². The van der Waals surface area contributed by atoms with Crippen LogP contribution in [0.3, 0.4) is 0 Å². The molecule has 1 aromatic carbocycles. The minimum absolute atomic E-state index is 0.206. The smallest absolute Gasteiger partial charge is 0.282 e. The van der Waals surface area contributed by atoms with E-state index in [0.29, 0.717) is 12.4 Å². The number of benzene rings is 1. The number of nitrogens with one attached hydrogen (secondary N) is 1. The highest BCUT2D eigenvalue weighted by Crippen LogP contribution is 2.49. The molecule has 3 fully saturated rings. The molecule has 1 aromatic rings. The van der Waals surface area contributed by atoms with Crippen LogP contribution < -0.4 is 10.1 Å². The predicted molar refractivity (Wildman–Crippen MR) is 98.9 cm³/mol. The molecule has 4 rings (SSSR count). The molecule has 1 N–H and O–H groups in total. The highest BCUT2D eigenvalue weighted by molar-refractivity contribution is 5.79. The molecule has 4 nitrogen and oxygen atoms in total. The molecule has 2 heterocycles. The lowest BCUT2D eigenvalue weighted by Crippen LogP contribution is -2.58. The summed E-state index contributed by atoms with van der Waals surface area (Å²) in [4.78, 5) is 13.0. The lowest BCUT2D eigenvalue weighted by atomic mass is 9.91. The molecule has 3 aliphatic rings. The van der Waals surface area contributed by atoms with E-state index < -0.39 is 30.7 Å². The number of piperidine rings is 1. The van der Waals surface area contributed by atoms with E-state index >= 15 is 0 Å². The number of hydrogen-bond donors (Lipinski definition) is 1. The third kappa shape index (κ3) is 4.62. The molecule has 28 heavy (non-hydrogen) atoms. The Morgan fingerprint density at radius 3 is 2.68 bits per heavy atom. The molecule has 2 aliphatic heterocycles. The lowest BCUT2D eigenvalue weighted by Gasteiger charge is -2.38. The fourth-order valence-corrected chi connectivity index (χ4v) is 4.51. The Balaban J connectivity index is 1.20. The maximum Gasteiger partial charge on any atom is 0.282 e. The van der Waals surface area contributed by atoms with Crippen LogP contribution in [0.1, 0.15) is 31.2 Å². The molecule has 1 amide bonds. The molecule has 7 heteroatoms. The van der Waals surface area contributed by atoms with Crippen molar-refractivity contribution in [3.63, 3.8) is 0 Å². The van der Waals surface area contributed by atoms with Crippen molar-refractivity contribution in [1.82, 2.24) is 10.2 Å². The van der Waals surface area contributed by atoms with Gasteiger partial charge >= 0.3 is 0 Å². The summed E-state index contributed by atoms with van der Waals surface area (Å²) in [6.07, 6.45) is 4.59. The van der Waals surface area contributed by atoms with Crippen molar-refractivity contribution in [3.05, 3.63) is 29.6 Å².